The van der Waals surface area contributed by atoms with Crippen molar-refractivity contribution in [2.24, 2.45) is 5.73 Å². The van der Waals surface area contributed by atoms with Crippen molar-refractivity contribution in [1.82, 2.24) is 5.32 Å². The molecule has 26 heavy (non-hydrogen) atoms. The van der Waals surface area contributed by atoms with Crippen molar-refractivity contribution < 1.29 is 19.7 Å². The summed E-state index contributed by atoms with van der Waals surface area (Å²) in [6, 6.07) is 16.7. The van der Waals surface area contributed by atoms with Crippen molar-refractivity contribution >= 4 is 6.09 Å². The summed E-state index contributed by atoms with van der Waals surface area (Å²) in [6.07, 6.45) is -1.56. The maximum Gasteiger partial charge on any atom is 0.407 e. The molecule has 0 aromatic heterocycles. The Morgan fingerprint density at radius 3 is 2.38 bits per heavy atom. The normalized spacial score (nSPS) is 13.0. The van der Waals surface area contributed by atoms with E-state index in [4.69, 9.17) is 10.5 Å². The number of hydrogen-bond donors (Lipinski definition) is 4. The molecule has 2 unspecified atom stereocenters. The van der Waals surface area contributed by atoms with Gasteiger partial charge in [-0.2, -0.15) is 0 Å². The number of carbonyl (C=O) groups excluding carboxylic acids is 1. The molecule has 0 fully saturated rings. The summed E-state index contributed by atoms with van der Waals surface area (Å²) in [5.74, 6) is 0. The fourth-order valence-corrected chi connectivity index (χ4v) is 2.52. The molecule has 140 valence electrons. The Bertz CT molecular complexity index is 661. The first-order valence-corrected chi connectivity index (χ1v) is 8.69. The predicted octanol–water partition coefficient (Wildman–Crippen LogP) is 1.90. The summed E-state index contributed by atoms with van der Waals surface area (Å²) in [7, 11) is 0. The quantitative estimate of drug-likeness (QED) is 0.548. The van der Waals surface area contributed by atoms with E-state index in [0.717, 1.165) is 17.5 Å². The molecule has 1 amide bonds. The van der Waals surface area contributed by atoms with Crippen molar-refractivity contribution in [3.8, 4) is 0 Å². The highest BCUT2D eigenvalue weighted by atomic mass is 16.5. The fraction of sp³-hybridized carbons (Fsp3) is 0.350. The highest BCUT2D eigenvalue weighted by molar-refractivity contribution is 5.67. The van der Waals surface area contributed by atoms with Crippen LogP contribution in [-0.4, -0.2) is 35.5 Å². The van der Waals surface area contributed by atoms with Gasteiger partial charge in [-0.15, -0.1) is 0 Å². The number of aliphatic hydroxyl groups is 2. The van der Waals surface area contributed by atoms with Crippen LogP contribution in [0.5, 0.6) is 0 Å². The maximum atomic E-state index is 11.6. The number of rotatable bonds is 9. The number of aliphatic hydroxyl groups excluding tert-OH is 2. The van der Waals surface area contributed by atoms with Gasteiger partial charge in [0.05, 0.1) is 6.10 Å². The number of carbonyl (C=O) groups is 1. The van der Waals surface area contributed by atoms with E-state index in [0.29, 0.717) is 12.1 Å². The van der Waals surface area contributed by atoms with E-state index >= 15 is 0 Å². The topological polar surface area (TPSA) is 105 Å². The Kier molecular flexibility index (Phi) is 8.08. The van der Waals surface area contributed by atoms with Gasteiger partial charge < -0.3 is 26.0 Å². The second-order valence-corrected chi connectivity index (χ2v) is 6.07. The highest BCUT2D eigenvalue weighted by Crippen LogP contribution is 2.19. The molecule has 2 aromatic rings. The summed E-state index contributed by atoms with van der Waals surface area (Å²) in [5, 5.41) is 22.9. The van der Waals surface area contributed by atoms with Crippen molar-refractivity contribution in [1.29, 1.82) is 0 Å². The van der Waals surface area contributed by atoms with Crippen LogP contribution in [0, 0.1) is 0 Å². The van der Waals surface area contributed by atoms with E-state index in [1.165, 1.54) is 0 Å². The molecular formula is C20H26N2O4. The third kappa shape index (κ3) is 6.48. The lowest BCUT2D eigenvalue weighted by Gasteiger charge is -2.18. The van der Waals surface area contributed by atoms with Crippen LogP contribution in [0.4, 0.5) is 4.79 Å². The van der Waals surface area contributed by atoms with Gasteiger partial charge in [0.2, 0.25) is 0 Å². The number of nitrogens with two attached hydrogens (primary N) is 1. The molecule has 0 aliphatic carbocycles. The first kappa shape index (κ1) is 19.9. The van der Waals surface area contributed by atoms with Crippen LogP contribution in [0.1, 0.15) is 29.2 Å². The lowest BCUT2D eigenvalue weighted by Crippen LogP contribution is -2.29. The van der Waals surface area contributed by atoms with E-state index < -0.39 is 18.3 Å². The third-order valence-corrected chi connectivity index (χ3v) is 4.04. The summed E-state index contributed by atoms with van der Waals surface area (Å²) >= 11 is 0. The Morgan fingerprint density at radius 1 is 1.04 bits per heavy atom. The minimum absolute atomic E-state index is 0.188. The summed E-state index contributed by atoms with van der Waals surface area (Å²) in [4.78, 5) is 11.6. The van der Waals surface area contributed by atoms with E-state index in [-0.39, 0.29) is 19.6 Å². The molecule has 0 aliphatic rings. The Balaban J connectivity index is 1.70. The van der Waals surface area contributed by atoms with E-state index in [9.17, 15) is 15.0 Å². The number of ether oxygens (including phenoxy) is 1. The Hall–Kier alpha value is -2.41. The van der Waals surface area contributed by atoms with Crippen LogP contribution in [0.15, 0.2) is 54.6 Å². The molecule has 0 aliphatic heterocycles. The Labute approximate surface area is 153 Å². The average molecular weight is 358 g/mol. The van der Waals surface area contributed by atoms with Crippen LogP contribution in [0.3, 0.4) is 0 Å². The van der Waals surface area contributed by atoms with Crippen LogP contribution in [0.2, 0.25) is 0 Å². The third-order valence-electron chi connectivity index (χ3n) is 4.04. The number of hydrogen-bond acceptors (Lipinski definition) is 5. The Morgan fingerprint density at radius 2 is 1.73 bits per heavy atom. The molecule has 0 bridgehead atoms. The zero-order valence-corrected chi connectivity index (χ0v) is 14.7. The molecule has 0 heterocycles. The second kappa shape index (κ2) is 10.6. The van der Waals surface area contributed by atoms with Gasteiger partial charge in [0, 0.05) is 6.54 Å². The molecule has 2 atom stereocenters. The van der Waals surface area contributed by atoms with E-state index in [2.05, 4.69) is 5.32 Å². The van der Waals surface area contributed by atoms with E-state index in [1.807, 2.05) is 42.5 Å². The average Bonchev–Trinajstić information content (AvgIpc) is 2.67. The van der Waals surface area contributed by atoms with Crippen LogP contribution in [-0.2, 0) is 17.8 Å². The van der Waals surface area contributed by atoms with Gasteiger partial charge in [-0.3, -0.25) is 0 Å². The number of benzene rings is 2. The summed E-state index contributed by atoms with van der Waals surface area (Å²) in [6.45, 7) is 0.959. The molecule has 0 saturated carbocycles. The van der Waals surface area contributed by atoms with Crippen LogP contribution >= 0.6 is 0 Å². The van der Waals surface area contributed by atoms with Crippen molar-refractivity contribution in [3.63, 3.8) is 0 Å². The van der Waals surface area contributed by atoms with Gasteiger partial charge in [-0.05, 0) is 36.1 Å². The second-order valence-electron chi connectivity index (χ2n) is 6.07. The minimum Gasteiger partial charge on any atom is -0.445 e. The standard InChI is InChI=1S/C20H26N2O4/c21-12-10-15-6-8-17(9-7-15)19(24)18(23)11-13-22-20(25)26-14-16-4-2-1-3-5-16/h1-9,18-19,23-24H,10-14,21H2,(H,22,25). The molecule has 5 N–H and O–H groups in total. The number of amides is 1. The first-order chi connectivity index (χ1) is 12.6. The monoisotopic (exact) mass is 358 g/mol. The van der Waals surface area contributed by atoms with Crippen LogP contribution in [0.25, 0.3) is 0 Å². The summed E-state index contributed by atoms with van der Waals surface area (Å²) < 4.78 is 5.09. The first-order valence-electron chi connectivity index (χ1n) is 8.69. The van der Waals surface area contributed by atoms with Crippen molar-refractivity contribution in [2.45, 2.75) is 31.7 Å². The number of alkyl carbamates (subject to hydrolysis) is 1. The zero-order chi connectivity index (χ0) is 18.8. The zero-order valence-electron chi connectivity index (χ0n) is 14.7. The number of nitrogens with one attached hydrogen (secondary N) is 1. The van der Waals surface area contributed by atoms with Crippen molar-refractivity contribution in [3.05, 3.63) is 71.3 Å². The molecule has 0 radical (unpaired) electrons. The largest absolute Gasteiger partial charge is 0.445 e. The molecule has 0 spiro atoms. The van der Waals surface area contributed by atoms with Gasteiger partial charge in [-0.1, -0.05) is 54.6 Å². The van der Waals surface area contributed by atoms with Crippen LogP contribution < -0.4 is 11.1 Å². The van der Waals surface area contributed by atoms with Gasteiger partial charge in [0.15, 0.2) is 0 Å². The van der Waals surface area contributed by atoms with Gasteiger partial charge >= 0.3 is 6.09 Å². The van der Waals surface area contributed by atoms with Gasteiger partial charge in [0.1, 0.15) is 12.7 Å². The lowest BCUT2D eigenvalue weighted by molar-refractivity contribution is 0.0136. The predicted molar refractivity (Wildman–Crippen MR) is 99.4 cm³/mol. The highest BCUT2D eigenvalue weighted by Gasteiger charge is 2.18. The van der Waals surface area contributed by atoms with Gasteiger partial charge in [-0.25, -0.2) is 4.79 Å². The molecule has 2 aromatic carbocycles. The summed E-state index contributed by atoms with van der Waals surface area (Å²) in [5.41, 5.74) is 8.12. The SMILES string of the molecule is NCCc1ccc(C(O)C(O)CCNC(=O)OCc2ccccc2)cc1. The lowest BCUT2D eigenvalue weighted by atomic mass is 10.00. The molecule has 6 heteroatoms. The molecule has 6 nitrogen and oxygen atoms in total. The minimum atomic E-state index is -1.01. The van der Waals surface area contributed by atoms with Gasteiger partial charge in [0.25, 0.3) is 0 Å². The smallest absolute Gasteiger partial charge is 0.407 e. The van der Waals surface area contributed by atoms with Crippen molar-refractivity contribution in [2.75, 3.05) is 13.1 Å². The van der Waals surface area contributed by atoms with E-state index in [1.54, 1.807) is 12.1 Å². The molecule has 2 rings (SSSR count). The maximum absolute atomic E-state index is 11.6. The fourth-order valence-electron chi connectivity index (χ4n) is 2.52. The molecule has 0 saturated heterocycles. The molecular weight excluding hydrogens is 332 g/mol.